The maximum absolute atomic E-state index is 12.7. The van der Waals surface area contributed by atoms with Crippen molar-refractivity contribution in [2.24, 2.45) is 0 Å². The molecule has 0 bridgehead atoms. The zero-order valence-electron chi connectivity index (χ0n) is 17.0. The molecule has 0 saturated heterocycles. The second kappa shape index (κ2) is 9.37. The summed E-state index contributed by atoms with van der Waals surface area (Å²) in [4.78, 5) is 17.3. The van der Waals surface area contributed by atoms with Crippen LogP contribution in [0.5, 0.6) is 0 Å². The molecule has 0 radical (unpaired) electrons. The molecule has 0 atom stereocenters. The van der Waals surface area contributed by atoms with E-state index < -0.39 is 0 Å². The van der Waals surface area contributed by atoms with Gasteiger partial charge in [0, 0.05) is 26.0 Å². The van der Waals surface area contributed by atoms with E-state index in [4.69, 9.17) is 4.74 Å². The number of anilines is 1. The molecular weight excluding hydrogens is 378 g/mol. The SMILES string of the molecule is CCOCCCn1c(NC(=O)Cc2cnn(-c3ccccc3)c2)nc2ccccc21. The average Bonchev–Trinajstić information content (AvgIpc) is 3.36. The topological polar surface area (TPSA) is 74.0 Å². The van der Waals surface area contributed by atoms with Crippen molar-refractivity contribution in [1.29, 1.82) is 0 Å². The fourth-order valence-corrected chi connectivity index (χ4v) is 3.39. The van der Waals surface area contributed by atoms with Gasteiger partial charge in [0.05, 0.1) is 29.3 Å². The number of fused-ring (bicyclic) bond motifs is 1. The summed E-state index contributed by atoms with van der Waals surface area (Å²) in [5.41, 5.74) is 3.66. The van der Waals surface area contributed by atoms with Crippen LogP contribution in [0, 0.1) is 0 Å². The molecule has 30 heavy (non-hydrogen) atoms. The first-order valence-corrected chi connectivity index (χ1v) is 10.2. The van der Waals surface area contributed by atoms with Gasteiger partial charge in [0.25, 0.3) is 0 Å². The van der Waals surface area contributed by atoms with Crippen LogP contribution in [-0.2, 0) is 22.5 Å². The van der Waals surface area contributed by atoms with Crippen LogP contribution < -0.4 is 5.32 Å². The molecule has 0 saturated carbocycles. The average molecular weight is 403 g/mol. The number of para-hydroxylation sites is 3. The van der Waals surface area contributed by atoms with Crippen molar-refractivity contribution in [1.82, 2.24) is 19.3 Å². The minimum Gasteiger partial charge on any atom is -0.382 e. The van der Waals surface area contributed by atoms with Gasteiger partial charge in [0.1, 0.15) is 0 Å². The fraction of sp³-hybridized carbons (Fsp3) is 0.261. The lowest BCUT2D eigenvalue weighted by Crippen LogP contribution is -2.18. The Morgan fingerprint density at radius 3 is 2.73 bits per heavy atom. The Hall–Kier alpha value is -3.45. The molecule has 0 spiro atoms. The minimum absolute atomic E-state index is 0.121. The molecule has 1 amide bonds. The Bertz CT molecular complexity index is 1120. The molecule has 0 aliphatic rings. The number of nitrogens with zero attached hydrogens (tertiary/aromatic N) is 4. The highest BCUT2D eigenvalue weighted by Gasteiger charge is 2.14. The zero-order valence-corrected chi connectivity index (χ0v) is 17.0. The third-order valence-corrected chi connectivity index (χ3v) is 4.80. The van der Waals surface area contributed by atoms with Crippen molar-refractivity contribution in [2.45, 2.75) is 26.3 Å². The number of aromatic nitrogens is 4. The van der Waals surface area contributed by atoms with Gasteiger partial charge in [-0.05, 0) is 43.2 Å². The molecule has 7 heteroatoms. The number of hydrogen-bond acceptors (Lipinski definition) is 4. The van der Waals surface area contributed by atoms with Gasteiger partial charge in [-0.3, -0.25) is 10.1 Å². The number of benzene rings is 2. The maximum Gasteiger partial charge on any atom is 0.231 e. The molecular formula is C23H25N5O2. The van der Waals surface area contributed by atoms with E-state index in [-0.39, 0.29) is 12.3 Å². The highest BCUT2D eigenvalue weighted by molar-refractivity contribution is 5.92. The predicted molar refractivity (Wildman–Crippen MR) is 117 cm³/mol. The summed E-state index contributed by atoms with van der Waals surface area (Å²) < 4.78 is 9.26. The first kappa shape index (κ1) is 19.8. The van der Waals surface area contributed by atoms with E-state index in [1.54, 1.807) is 10.9 Å². The van der Waals surface area contributed by atoms with Crippen molar-refractivity contribution in [3.8, 4) is 5.69 Å². The molecule has 0 fully saturated rings. The van der Waals surface area contributed by atoms with E-state index in [2.05, 4.69) is 15.4 Å². The number of nitrogens with one attached hydrogen (secondary N) is 1. The molecule has 154 valence electrons. The van der Waals surface area contributed by atoms with E-state index in [0.717, 1.165) is 35.2 Å². The summed E-state index contributed by atoms with van der Waals surface area (Å²) in [5.74, 6) is 0.442. The third-order valence-electron chi connectivity index (χ3n) is 4.80. The summed E-state index contributed by atoms with van der Waals surface area (Å²) in [7, 11) is 0. The molecule has 0 aliphatic carbocycles. The smallest absolute Gasteiger partial charge is 0.231 e. The molecule has 1 N–H and O–H groups in total. The highest BCUT2D eigenvalue weighted by atomic mass is 16.5. The molecule has 7 nitrogen and oxygen atoms in total. The molecule has 2 heterocycles. The zero-order chi connectivity index (χ0) is 20.8. The van der Waals surface area contributed by atoms with E-state index in [9.17, 15) is 4.79 Å². The first-order valence-electron chi connectivity index (χ1n) is 10.2. The van der Waals surface area contributed by atoms with E-state index >= 15 is 0 Å². The highest BCUT2D eigenvalue weighted by Crippen LogP contribution is 2.20. The third kappa shape index (κ3) is 4.58. The fourth-order valence-electron chi connectivity index (χ4n) is 3.39. The summed E-state index contributed by atoms with van der Waals surface area (Å²) >= 11 is 0. The monoisotopic (exact) mass is 403 g/mol. The van der Waals surface area contributed by atoms with Crippen LogP contribution in [0.1, 0.15) is 18.9 Å². The summed E-state index contributed by atoms with van der Waals surface area (Å²) in [6.45, 7) is 4.08. The lowest BCUT2D eigenvalue weighted by molar-refractivity contribution is -0.115. The Morgan fingerprint density at radius 1 is 1.10 bits per heavy atom. The van der Waals surface area contributed by atoms with Crippen LogP contribution in [0.2, 0.25) is 0 Å². The van der Waals surface area contributed by atoms with Crippen LogP contribution in [0.15, 0.2) is 67.0 Å². The van der Waals surface area contributed by atoms with E-state index in [1.165, 1.54) is 0 Å². The molecule has 2 aromatic heterocycles. The normalized spacial score (nSPS) is 11.1. The van der Waals surface area contributed by atoms with Crippen LogP contribution >= 0.6 is 0 Å². The van der Waals surface area contributed by atoms with E-state index in [1.807, 2.05) is 72.3 Å². The minimum atomic E-state index is -0.121. The van der Waals surface area contributed by atoms with Crippen molar-refractivity contribution in [3.63, 3.8) is 0 Å². The maximum atomic E-state index is 12.7. The number of imidazole rings is 1. The van der Waals surface area contributed by atoms with Gasteiger partial charge in [-0.2, -0.15) is 5.10 Å². The number of hydrogen-bond donors (Lipinski definition) is 1. The second-order valence-corrected chi connectivity index (χ2v) is 6.98. The molecule has 4 rings (SSSR count). The quantitative estimate of drug-likeness (QED) is 0.431. The molecule has 4 aromatic rings. The van der Waals surface area contributed by atoms with Gasteiger partial charge < -0.3 is 9.30 Å². The molecule has 0 unspecified atom stereocenters. The molecule has 0 aliphatic heterocycles. The van der Waals surface area contributed by atoms with Crippen LogP contribution in [0.25, 0.3) is 16.7 Å². The van der Waals surface area contributed by atoms with Gasteiger partial charge in [0.2, 0.25) is 11.9 Å². The van der Waals surface area contributed by atoms with Crippen molar-refractivity contribution < 1.29 is 9.53 Å². The van der Waals surface area contributed by atoms with Gasteiger partial charge in [-0.25, -0.2) is 9.67 Å². The van der Waals surface area contributed by atoms with Gasteiger partial charge >= 0.3 is 0 Å². The number of carbonyl (C=O) groups is 1. The largest absolute Gasteiger partial charge is 0.382 e. The van der Waals surface area contributed by atoms with Crippen molar-refractivity contribution in [2.75, 3.05) is 18.5 Å². The second-order valence-electron chi connectivity index (χ2n) is 6.98. The first-order chi connectivity index (χ1) is 14.7. The number of amides is 1. The predicted octanol–water partition coefficient (Wildman–Crippen LogP) is 3.83. The van der Waals surface area contributed by atoms with Gasteiger partial charge in [-0.1, -0.05) is 30.3 Å². The Morgan fingerprint density at radius 2 is 1.90 bits per heavy atom. The summed E-state index contributed by atoms with van der Waals surface area (Å²) in [5, 5.41) is 7.33. The summed E-state index contributed by atoms with van der Waals surface area (Å²) in [6, 6.07) is 17.7. The van der Waals surface area contributed by atoms with E-state index in [0.29, 0.717) is 19.2 Å². The lowest BCUT2D eigenvalue weighted by atomic mass is 10.2. The Balaban J connectivity index is 1.47. The number of rotatable bonds is 9. The van der Waals surface area contributed by atoms with Gasteiger partial charge in [0.15, 0.2) is 0 Å². The lowest BCUT2D eigenvalue weighted by Gasteiger charge is -2.10. The van der Waals surface area contributed by atoms with Crippen molar-refractivity contribution >= 4 is 22.9 Å². The van der Waals surface area contributed by atoms with Crippen molar-refractivity contribution in [3.05, 3.63) is 72.6 Å². The number of ether oxygens (including phenoxy) is 1. The van der Waals surface area contributed by atoms with Crippen LogP contribution in [0.4, 0.5) is 5.95 Å². The molecule has 2 aromatic carbocycles. The standard InChI is InChI=1S/C23H25N5O2/c1-2-30-14-8-13-27-21-12-7-6-11-20(21)25-23(27)26-22(29)15-18-16-24-28(17-18)19-9-4-3-5-10-19/h3-7,9-12,16-17H,2,8,13-15H2,1H3,(H,25,26,29). The van der Waals surface area contributed by atoms with Crippen LogP contribution in [0.3, 0.4) is 0 Å². The van der Waals surface area contributed by atoms with Crippen LogP contribution in [-0.4, -0.2) is 38.5 Å². The number of carbonyl (C=O) groups excluding carboxylic acids is 1. The summed E-state index contributed by atoms with van der Waals surface area (Å²) in [6.07, 6.45) is 4.67. The Kier molecular flexibility index (Phi) is 6.20. The Labute approximate surface area is 175 Å². The van der Waals surface area contributed by atoms with Gasteiger partial charge in [-0.15, -0.1) is 0 Å². The number of aryl methyl sites for hydroxylation is 1.